The van der Waals surface area contributed by atoms with Gasteiger partial charge in [-0.05, 0) is 36.4 Å². The molecule has 0 bridgehead atoms. The smallest absolute Gasteiger partial charge is 0.416 e. The molecule has 2 aromatic carbocycles. The first-order chi connectivity index (χ1) is 16.1. The van der Waals surface area contributed by atoms with E-state index in [2.05, 4.69) is 15.6 Å². The van der Waals surface area contributed by atoms with E-state index in [4.69, 9.17) is 25.8 Å². The molecule has 0 saturated carbocycles. The van der Waals surface area contributed by atoms with Gasteiger partial charge in [-0.1, -0.05) is 17.7 Å². The number of imide groups is 1. The van der Waals surface area contributed by atoms with Gasteiger partial charge < -0.3 is 19.5 Å². The highest BCUT2D eigenvalue weighted by atomic mass is 35.5. The predicted octanol–water partition coefficient (Wildman–Crippen LogP) is 5.53. The number of urea groups is 1. The third-order valence-corrected chi connectivity index (χ3v) is 4.52. The second-order valence-electron chi connectivity index (χ2n) is 6.61. The second kappa shape index (κ2) is 10.3. The van der Waals surface area contributed by atoms with Gasteiger partial charge in [-0.25, -0.2) is 9.78 Å². The van der Waals surface area contributed by atoms with E-state index >= 15 is 0 Å². The molecule has 0 aliphatic heterocycles. The monoisotopic (exact) mass is 495 g/mol. The van der Waals surface area contributed by atoms with Gasteiger partial charge in [0.2, 0.25) is 5.88 Å². The number of ether oxygens (including phenoxy) is 3. The number of pyridine rings is 1. The number of hydrogen-bond acceptors (Lipinski definition) is 6. The van der Waals surface area contributed by atoms with Crippen LogP contribution in [0.15, 0.2) is 54.7 Å². The van der Waals surface area contributed by atoms with Crippen LogP contribution in [0.25, 0.3) is 0 Å². The van der Waals surface area contributed by atoms with Crippen LogP contribution in [0, 0.1) is 0 Å². The first-order valence-corrected chi connectivity index (χ1v) is 9.83. The fourth-order valence-electron chi connectivity index (χ4n) is 2.82. The van der Waals surface area contributed by atoms with E-state index in [1.54, 1.807) is 6.07 Å². The molecule has 34 heavy (non-hydrogen) atoms. The summed E-state index contributed by atoms with van der Waals surface area (Å²) in [5, 5.41) is 4.40. The summed E-state index contributed by atoms with van der Waals surface area (Å²) in [6.07, 6.45) is -3.40. The van der Waals surface area contributed by atoms with Gasteiger partial charge in [0, 0.05) is 11.1 Å². The van der Waals surface area contributed by atoms with Crippen LogP contribution >= 0.6 is 11.6 Å². The van der Waals surface area contributed by atoms with Crippen molar-refractivity contribution < 1.29 is 37.0 Å². The van der Waals surface area contributed by atoms with Crippen LogP contribution in [0.3, 0.4) is 0 Å². The van der Waals surface area contributed by atoms with Crippen LogP contribution in [-0.4, -0.2) is 31.1 Å². The number of carbonyl (C=O) groups is 2. The van der Waals surface area contributed by atoms with Gasteiger partial charge in [0.1, 0.15) is 22.8 Å². The highest BCUT2D eigenvalue weighted by molar-refractivity contribution is 6.30. The van der Waals surface area contributed by atoms with Gasteiger partial charge >= 0.3 is 12.2 Å². The maximum atomic E-state index is 12.9. The van der Waals surface area contributed by atoms with Gasteiger partial charge in [0.15, 0.2) is 0 Å². The molecule has 0 aliphatic rings. The quantitative estimate of drug-likeness (QED) is 0.467. The van der Waals surface area contributed by atoms with Crippen molar-refractivity contribution in [3.05, 3.63) is 70.9 Å². The Kier molecular flexibility index (Phi) is 7.47. The Hall–Kier alpha value is -3.99. The largest absolute Gasteiger partial charge is 0.496 e. The van der Waals surface area contributed by atoms with Crippen LogP contribution in [0.5, 0.6) is 23.1 Å². The van der Waals surface area contributed by atoms with E-state index in [-0.39, 0.29) is 39.4 Å². The van der Waals surface area contributed by atoms with Crippen LogP contribution < -0.4 is 24.8 Å². The number of hydrogen-bond donors (Lipinski definition) is 2. The topological polar surface area (TPSA) is 98.8 Å². The number of anilines is 1. The molecule has 0 atom stereocenters. The minimum Gasteiger partial charge on any atom is -0.496 e. The van der Waals surface area contributed by atoms with Crippen LogP contribution in [-0.2, 0) is 6.18 Å². The molecule has 0 radical (unpaired) electrons. The number of halogens is 4. The summed E-state index contributed by atoms with van der Waals surface area (Å²) < 4.78 is 54.4. The zero-order chi connectivity index (χ0) is 24.9. The fourth-order valence-corrected chi connectivity index (χ4v) is 3.05. The van der Waals surface area contributed by atoms with E-state index < -0.39 is 23.7 Å². The molecule has 3 rings (SSSR count). The first kappa shape index (κ1) is 24.6. The highest BCUT2D eigenvalue weighted by Gasteiger charge is 2.31. The van der Waals surface area contributed by atoms with E-state index in [1.165, 1.54) is 50.7 Å². The molecule has 0 unspecified atom stereocenters. The van der Waals surface area contributed by atoms with Crippen LogP contribution in [0.4, 0.5) is 23.7 Å². The maximum Gasteiger partial charge on any atom is 0.416 e. The van der Waals surface area contributed by atoms with Gasteiger partial charge in [-0.15, -0.1) is 0 Å². The van der Waals surface area contributed by atoms with Crippen molar-refractivity contribution in [3.63, 3.8) is 0 Å². The van der Waals surface area contributed by atoms with E-state index in [0.717, 1.165) is 12.1 Å². The minimum absolute atomic E-state index is 0.0317. The van der Waals surface area contributed by atoms with Crippen molar-refractivity contribution in [2.45, 2.75) is 6.18 Å². The normalized spacial score (nSPS) is 10.9. The lowest BCUT2D eigenvalue weighted by Crippen LogP contribution is -2.34. The predicted molar refractivity (Wildman–Crippen MR) is 117 cm³/mol. The summed E-state index contributed by atoms with van der Waals surface area (Å²) in [6, 6.07) is 9.29. The zero-order valence-electron chi connectivity index (χ0n) is 17.7. The number of amides is 3. The number of benzene rings is 2. The zero-order valence-corrected chi connectivity index (χ0v) is 18.5. The van der Waals surface area contributed by atoms with Crippen molar-refractivity contribution in [2.75, 3.05) is 19.5 Å². The Bertz CT molecular complexity index is 1180. The van der Waals surface area contributed by atoms with Crippen molar-refractivity contribution in [1.29, 1.82) is 0 Å². The summed E-state index contributed by atoms with van der Waals surface area (Å²) in [6.45, 7) is 0. The number of nitrogens with zero attached hydrogens (tertiary/aromatic N) is 1. The average Bonchev–Trinajstić information content (AvgIpc) is 2.78. The molecule has 0 fully saturated rings. The summed E-state index contributed by atoms with van der Waals surface area (Å²) in [5.74, 6) is -0.551. The molecular weight excluding hydrogens is 479 g/mol. The fraction of sp³-hybridized carbons (Fsp3) is 0.136. The van der Waals surface area contributed by atoms with Crippen molar-refractivity contribution in [1.82, 2.24) is 10.3 Å². The van der Waals surface area contributed by atoms with Gasteiger partial charge in [-0.3, -0.25) is 10.1 Å². The van der Waals surface area contributed by atoms with Crippen LogP contribution in [0.2, 0.25) is 5.02 Å². The van der Waals surface area contributed by atoms with Gasteiger partial charge in [0.25, 0.3) is 5.91 Å². The molecule has 0 saturated heterocycles. The standard InChI is InChI=1S/C22H17ClF3N3O5/c1-32-16-4-3-5-17(33-2)19(16)20(30)29-21(31)28-14-6-7-18(27-11-14)34-15-9-12(22(24,25)26)8-13(23)10-15/h3-11H,1-2H3,(H2,28,29,30,31). The lowest BCUT2D eigenvalue weighted by atomic mass is 10.1. The minimum atomic E-state index is -4.59. The van der Waals surface area contributed by atoms with Crippen molar-refractivity contribution >= 4 is 29.2 Å². The van der Waals surface area contributed by atoms with Crippen LogP contribution in [0.1, 0.15) is 15.9 Å². The molecule has 3 aromatic rings. The molecular formula is C22H17ClF3N3O5. The molecule has 1 heterocycles. The Balaban J connectivity index is 1.66. The number of nitrogens with one attached hydrogen (secondary N) is 2. The molecule has 178 valence electrons. The second-order valence-corrected chi connectivity index (χ2v) is 7.04. The first-order valence-electron chi connectivity index (χ1n) is 9.45. The summed E-state index contributed by atoms with van der Waals surface area (Å²) in [7, 11) is 2.74. The van der Waals surface area contributed by atoms with Crippen molar-refractivity contribution in [3.8, 4) is 23.1 Å². The highest BCUT2D eigenvalue weighted by Crippen LogP contribution is 2.35. The molecule has 12 heteroatoms. The molecule has 0 aliphatic carbocycles. The molecule has 3 amide bonds. The third-order valence-electron chi connectivity index (χ3n) is 4.30. The van der Waals surface area contributed by atoms with E-state index in [9.17, 15) is 22.8 Å². The SMILES string of the molecule is COc1cccc(OC)c1C(=O)NC(=O)Nc1ccc(Oc2cc(Cl)cc(C(F)(F)F)c2)nc1. The molecule has 1 aromatic heterocycles. The lowest BCUT2D eigenvalue weighted by Gasteiger charge is -2.13. The lowest BCUT2D eigenvalue weighted by molar-refractivity contribution is -0.137. The third kappa shape index (κ3) is 6.07. The number of aromatic nitrogens is 1. The Morgan fingerprint density at radius 1 is 1.00 bits per heavy atom. The molecule has 8 nitrogen and oxygen atoms in total. The number of methoxy groups -OCH3 is 2. The van der Waals surface area contributed by atoms with E-state index in [1.807, 2.05) is 0 Å². The molecule has 0 spiro atoms. The summed E-state index contributed by atoms with van der Waals surface area (Å²) >= 11 is 5.73. The van der Waals surface area contributed by atoms with E-state index in [0.29, 0.717) is 0 Å². The summed E-state index contributed by atoms with van der Waals surface area (Å²) in [4.78, 5) is 28.7. The Labute approximate surface area is 196 Å². The van der Waals surface area contributed by atoms with Crippen molar-refractivity contribution in [2.24, 2.45) is 0 Å². The number of carbonyl (C=O) groups excluding carboxylic acids is 2. The maximum absolute atomic E-state index is 12.9. The van der Waals surface area contributed by atoms with Gasteiger partial charge in [-0.2, -0.15) is 13.2 Å². The number of rotatable bonds is 6. The van der Waals surface area contributed by atoms with Gasteiger partial charge in [0.05, 0.1) is 31.7 Å². The molecule has 2 N–H and O–H groups in total. The average molecular weight is 496 g/mol. The Morgan fingerprint density at radius 3 is 2.24 bits per heavy atom. The Morgan fingerprint density at radius 2 is 1.68 bits per heavy atom. The summed E-state index contributed by atoms with van der Waals surface area (Å²) in [5.41, 5.74) is -0.753. The number of alkyl halides is 3.